The van der Waals surface area contributed by atoms with E-state index in [4.69, 9.17) is 0 Å². The second-order valence-electron chi connectivity index (χ2n) is 8.57. The van der Waals surface area contributed by atoms with Crippen LogP contribution in [0, 0.1) is 11.3 Å². The standard InChI is InChI=1S/C22H31N3O2/c26-20(24-18-7-2-1-3-8-18)16-9-11-19(12-10-16)25-21(27)22-13-5-4-6-17(22)14-23-15-22/h9-12,17-18,23H,1-8,13-15H2,(H,24,26)(H,25,27)/t17-,22+/m0/s1. The highest BCUT2D eigenvalue weighted by atomic mass is 16.2. The van der Waals surface area contributed by atoms with E-state index in [1.54, 1.807) is 0 Å². The summed E-state index contributed by atoms with van der Waals surface area (Å²) in [6.45, 7) is 1.74. The minimum Gasteiger partial charge on any atom is -0.349 e. The fraction of sp³-hybridized carbons (Fsp3) is 0.636. The highest BCUT2D eigenvalue weighted by Crippen LogP contribution is 2.44. The molecular weight excluding hydrogens is 338 g/mol. The van der Waals surface area contributed by atoms with Crippen molar-refractivity contribution in [3.8, 4) is 0 Å². The predicted molar refractivity (Wildman–Crippen MR) is 107 cm³/mol. The van der Waals surface area contributed by atoms with Crippen LogP contribution in [0.4, 0.5) is 5.69 Å². The zero-order valence-electron chi connectivity index (χ0n) is 16.1. The third-order valence-electron chi connectivity index (χ3n) is 6.84. The summed E-state index contributed by atoms with van der Waals surface area (Å²) in [5.74, 6) is 0.578. The lowest BCUT2D eigenvalue weighted by atomic mass is 9.67. The molecule has 4 rings (SSSR count). The van der Waals surface area contributed by atoms with Gasteiger partial charge in [0.1, 0.15) is 0 Å². The van der Waals surface area contributed by atoms with Gasteiger partial charge >= 0.3 is 0 Å². The smallest absolute Gasteiger partial charge is 0.251 e. The summed E-state index contributed by atoms with van der Waals surface area (Å²) in [6.07, 6.45) is 10.3. The van der Waals surface area contributed by atoms with Crippen LogP contribution in [0.15, 0.2) is 24.3 Å². The van der Waals surface area contributed by atoms with Crippen LogP contribution in [0.3, 0.4) is 0 Å². The first-order chi connectivity index (χ1) is 13.2. The van der Waals surface area contributed by atoms with Crippen molar-refractivity contribution in [2.75, 3.05) is 18.4 Å². The average Bonchev–Trinajstić information content (AvgIpc) is 3.15. The normalized spacial score (nSPS) is 28.4. The lowest BCUT2D eigenvalue weighted by Gasteiger charge is -2.37. The number of anilines is 1. The van der Waals surface area contributed by atoms with Crippen LogP contribution in [0.5, 0.6) is 0 Å². The quantitative estimate of drug-likeness (QED) is 0.761. The number of hydrogen-bond acceptors (Lipinski definition) is 3. The van der Waals surface area contributed by atoms with Crippen molar-refractivity contribution >= 4 is 17.5 Å². The molecule has 2 amide bonds. The second-order valence-corrected chi connectivity index (χ2v) is 8.57. The second kappa shape index (κ2) is 8.01. The van der Waals surface area contributed by atoms with Gasteiger partial charge < -0.3 is 16.0 Å². The molecule has 0 aromatic heterocycles. The van der Waals surface area contributed by atoms with Gasteiger partial charge in [-0.25, -0.2) is 0 Å². The molecule has 0 unspecified atom stereocenters. The van der Waals surface area contributed by atoms with Gasteiger partial charge in [0.15, 0.2) is 0 Å². The fourth-order valence-electron chi connectivity index (χ4n) is 5.17. The molecule has 0 radical (unpaired) electrons. The number of hydrogen-bond donors (Lipinski definition) is 3. The van der Waals surface area contributed by atoms with Gasteiger partial charge in [0.25, 0.3) is 5.91 Å². The van der Waals surface area contributed by atoms with Gasteiger partial charge in [-0.05, 0) is 62.4 Å². The summed E-state index contributed by atoms with van der Waals surface area (Å²) in [4.78, 5) is 25.5. The number of amides is 2. The van der Waals surface area contributed by atoms with Crippen molar-refractivity contribution in [1.82, 2.24) is 10.6 Å². The molecule has 1 aliphatic heterocycles. The van der Waals surface area contributed by atoms with Crippen molar-refractivity contribution < 1.29 is 9.59 Å². The van der Waals surface area contributed by atoms with Crippen LogP contribution in [0.25, 0.3) is 0 Å². The van der Waals surface area contributed by atoms with E-state index in [2.05, 4.69) is 16.0 Å². The first kappa shape index (κ1) is 18.5. The molecule has 3 aliphatic rings. The SMILES string of the molecule is O=C(NC1CCCCC1)c1ccc(NC(=O)[C@@]23CCCC[C@H]2CNC3)cc1. The number of benzene rings is 1. The molecule has 2 atom stereocenters. The van der Waals surface area contributed by atoms with E-state index >= 15 is 0 Å². The number of carbonyl (C=O) groups is 2. The molecule has 5 nitrogen and oxygen atoms in total. The summed E-state index contributed by atoms with van der Waals surface area (Å²) < 4.78 is 0. The molecule has 1 aromatic carbocycles. The molecule has 0 bridgehead atoms. The molecule has 146 valence electrons. The maximum absolute atomic E-state index is 13.0. The molecule has 2 aliphatic carbocycles. The zero-order valence-corrected chi connectivity index (χ0v) is 16.1. The van der Waals surface area contributed by atoms with Gasteiger partial charge in [-0.3, -0.25) is 9.59 Å². The topological polar surface area (TPSA) is 70.2 Å². The Hall–Kier alpha value is -1.88. The lowest BCUT2D eigenvalue weighted by Crippen LogP contribution is -2.44. The van der Waals surface area contributed by atoms with Gasteiger partial charge in [-0.15, -0.1) is 0 Å². The Morgan fingerprint density at radius 1 is 0.963 bits per heavy atom. The fourth-order valence-corrected chi connectivity index (χ4v) is 5.17. The predicted octanol–water partition coefficient (Wildman–Crippen LogP) is 3.47. The highest BCUT2D eigenvalue weighted by molar-refractivity contribution is 5.98. The van der Waals surface area contributed by atoms with Crippen molar-refractivity contribution in [3.05, 3.63) is 29.8 Å². The van der Waals surface area contributed by atoms with E-state index in [9.17, 15) is 9.59 Å². The Morgan fingerprint density at radius 2 is 1.70 bits per heavy atom. The molecule has 0 spiro atoms. The minimum atomic E-state index is -0.255. The number of rotatable bonds is 4. The van der Waals surface area contributed by atoms with Gasteiger partial charge in [0.2, 0.25) is 5.91 Å². The van der Waals surface area contributed by atoms with Crippen LogP contribution >= 0.6 is 0 Å². The van der Waals surface area contributed by atoms with Crippen LogP contribution in [0.2, 0.25) is 0 Å². The maximum Gasteiger partial charge on any atom is 0.251 e. The largest absolute Gasteiger partial charge is 0.349 e. The molecule has 5 heteroatoms. The molecular formula is C22H31N3O2. The molecule has 27 heavy (non-hydrogen) atoms. The highest BCUT2D eigenvalue weighted by Gasteiger charge is 2.49. The molecule has 3 N–H and O–H groups in total. The average molecular weight is 370 g/mol. The Bertz CT molecular complexity index is 681. The Kier molecular flexibility index (Phi) is 5.48. The summed E-state index contributed by atoms with van der Waals surface area (Å²) in [6, 6.07) is 7.64. The van der Waals surface area contributed by atoms with Crippen LogP contribution in [0.1, 0.15) is 68.1 Å². The monoisotopic (exact) mass is 369 g/mol. The molecule has 2 saturated carbocycles. The Morgan fingerprint density at radius 3 is 2.48 bits per heavy atom. The summed E-state index contributed by atoms with van der Waals surface area (Å²) in [5.41, 5.74) is 1.18. The number of carbonyl (C=O) groups excluding carboxylic acids is 2. The van der Waals surface area contributed by atoms with E-state index in [-0.39, 0.29) is 17.2 Å². The summed E-state index contributed by atoms with van der Waals surface area (Å²) in [7, 11) is 0. The van der Waals surface area contributed by atoms with E-state index in [0.29, 0.717) is 17.5 Å². The first-order valence-electron chi connectivity index (χ1n) is 10.6. The first-order valence-corrected chi connectivity index (χ1v) is 10.6. The van der Waals surface area contributed by atoms with Gasteiger partial charge in [-0.1, -0.05) is 32.1 Å². The van der Waals surface area contributed by atoms with Crippen LogP contribution in [-0.4, -0.2) is 30.9 Å². The third-order valence-corrected chi connectivity index (χ3v) is 6.84. The lowest BCUT2D eigenvalue weighted by molar-refractivity contribution is -0.128. The molecule has 3 fully saturated rings. The third kappa shape index (κ3) is 3.88. The summed E-state index contributed by atoms with van der Waals surface area (Å²) in [5, 5.41) is 9.67. The van der Waals surface area contributed by atoms with Crippen molar-refractivity contribution in [2.45, 2.75) is 63.8 Å². The van der Waals surface area contributed by atoms with Crippen molar-refractivity contribution in [1.29, 1.82) is 0 Å². The van der Waals surface area contributed by atoms with Gasteiger partial charge in [-0.2, -0.15) is 0 Å². The van der Waals surface area contributed by atoms with E-state index < -0.39 is 0 Å². The summed E-state index contributed by atoms with van der Waals surface area (Å²) >= 11 is 0. The maximum atomic E-state index is 13.0. The minimum absolute atomic E-state index is 0.00860. The number of nitrogens with one attached hydrogen (secondary N) is 3. The van der Waals surface area contributed by atoms with E-state index in [0.717, 1.165) is 50.9 Å². The van der Waals surface area contributed by atoms with Gasteiger partial charge in [0, 0.05) is 23.8 Å². The van der Waals surface area contributed by atoms with Crippen molar-refractivity contribution in [3.63, 3.8) is 0 Å². The van der Waals surface area contributed by atoms with Crippen LogP contribution in [-0.2, 0) is 4.79 Å². The van der Waals surface area contributed by atoms with E-state index in [1.807, 2.05) is 24.3 Å². The zero-order chi connectivity index (χ0) is 18.7. The Labute approximate surface area is 161 Å². The molecule has 1 aromatic rings. The molecule has 1 saturated heterocycles. The Balaban J connectivity index is 1.37. The molecule has 1 heterocycles. The number of fused-ring (bicyclic) bond motifs is 1. The van der Waals surface area contributed by atoms with Crippen LogP contribution < -0.4 is 16.0 Å². The van der Waals surface area contributed by atoms with Gasteiger partial charge in [0.05, 0.1) is 5.41 Å². The van der Waals surface area contributed by atoms with E-state index in [1.165, 1.54) is 25.7 Å². The van der Waals surface area contributed by atoms with Crippen molar-refractivity contribution in [2.24, 2.45) is 11.3 Å².